The van der Waals surface area contributed by atoms with Crippen molar-refractivity contribution in [3.05, 3.63) is 36.0 Å². The monoisotopic (exact) mass is 243 g/mol. The molecule has 1 aromatic heterocycles. The van der Waals surface area contributed by atoms with E-state index in [4.69, 9.17) is 0 Å². The standard InChI is InChI=1S/C14H17N3O/c18-14(17-8-3-6-15-7-9-17)12-10-16-13-5-2-1-4-11(12)13/h1-2,4-5,10,15-16H,3,6-9H2. The van der Waals surface area contributed by atoms with Crippen molar-refractivity contribution in [2.24, 2.45) is 0 Å². The number of nitrogens with zero attached hydrogens (tertiary/aromatic N) is 1. The van der Waals surface area contributed by atoms with E-state index in [0.717, 1.165) is 49.1 Å². The van der Waals surface area contributed by atoms with E-state index in [2.05, 4.69) is 10.3 Å². The van der Waals surface area contributed by atoms with Gasteiger partial charge in [0.05, 0.1) is 5.56 Å². The summed E-state index contributed by atoms with van der Waals surface area (Å²) in [6.45, 7) is 3.51. The summed E-state index contributed by atoms with van der Waals surface area (Å²) in [5.74, 6) is 0.135. The molecule has 3 rings (SSSR count). The fourth-order valence-electron chi connectivity index (χ4n) is 2.47. The molecular formula is C14H17N3O. The largest absolute Gasteiger partial charge is 0.360 e. The number of para-hydroxylation sites is 1. The summed E-state index contributed by atoms with van der Waals surface area (Å²) < 4.78 is 0. The summed E-state index contributed by atoms with van der Waals surface area (Å²) in [6, 6.07) is 7.94. The van der Waals surface area contributed by atoms with Crippen LogP contribution in [0.2, 0.25) is 0 Å². The molecule has 2 heterocycles. The maximum absolute atomic E-state index is 12.5. The molecule has 0 atom stereocenters. The third-order valence-electron chi connectivity index (χ3n) is 3.45. The smallest absolute Gasteiger partial charge is 0.256 e. The molecule has 0 bridgehead atoms. The number of aromatic nitrogens is 1. The average molecular weight is 243 g/mol. The number of carbonyl (C=O) groups excluding carboxylic acids is 1. The van der Waals surface area contributed by atoms with Crippen LogP contribution in [-0.2, 0) is 0 Å². The first kappa shape index (κ1) is 11.3. The first-order valence-electron chi connectivity index (χ1n) is 6.42. The van der Waals surface area contributed by atoms with E-state index in [1.165, 1.54) is 0 Å². The van der Waals surface area contributed by atoms with E-state index in [9.17, 15) is 4.79 Å². The van der Waals surface area contributed by atoms with E-state index in [1.54, 1.807) is 0 Å². The van der Waals surface area contributed by atoms with Crippen LogP contribution >= 0.6 is 0 Å². The van der Waals surface area contributed by atoms with Gasteiger partial charge in [0.2, 0.25) is 0 Å². The lowest BCUT2D eigenvalue weighted by atomic mass is 10.1. The maximum Gasteiger partial charge on any atom is 0.256 e. The highest BCUT2D eigenvalue weighted by Crippen LogP contribution is 2.19. The van der Waals surface area contributed by atoms with Gasteiger partial charge in [-0.15, -0.1) is 0 Å². The zero-order valence-corrected chi connectivity index (χ0v) is 10.3. The number of rotatable bonds is 1. The van der Waals surface area contributed by atoms with E-state index >= 15 is 0 Å². The molecule has 1 saturated heterocycles. The van der Waals surface area contributed by atoms with Crippen LogP contribution in [0.25, 0.3) is 10.9 Å². The number of nitrogens with one attached hydrogen (secondary N) is 2. The Kier molecular flexibility index (Phi) is 3.02. The van der Waals surface area contributed by atoms with Crippen molar-refractivity contribution in [1.82, 2.24) is 15.2 Å². The number of benzene rings is 1. The molecule has 1 aliphatic rings. The van der Waals surface area contributed by atoms with Gasteiger partial charge < -0.3 is 15.2 Å². The van der Waals surface area contributed by atoms with E-state index in [0.29, 0.717) is 0 Å². The van der Waals surface area contributed by atoms with E-state index < -0.39 is 0 Å². The van der Waals surface area contributed by atoms with Gasteiger partial charge in [-0.2, -0.15) is 0 Å². The topological polar surface area (TPSA) is 48.1 Å². The van der Waals surface area contributed by atoms with Crippen molar-refractivity contribution in [3.63, 3.8) is 0 Å². The Morgan fingerprint density at radius 2 is 2.06 bits per heavy atom. The van der Waals surface area contributed by atoms with Crippen LogP contribution in [0.4, 0.5) is 0 Å². The number of amides is 1. The lowest BCUT2D eigenvalue weighted by molar-refractivity contribution is 0.0768. The van der Waals surface area contributed by atoms with Crippen molar-refractivity contribution in [2.75, 3.05) is 26.2 Å². The molecule has 2 N–H and O–H groups in total. The number of aromatic amines is 1. The average Bonchev–Trinajstić information content (AvgIpc) is 2.65. The van der Waals surface area contributed by atoms with Gasteiger partial charge in [-0.05, 0) is 19.0 Å². The Labute approximate surface area is 106 Å². The fourth-order valence-corrected chi connectivity index (χ4v) is 2.47. The molecular weight excluding hydrogens is 226 g/mol. The van der Waals surface area contributed by atoms with Gasteiger partial charge in [0.1, 0.15) is 0 Å². The quantitative estimate of drug-likeness (QED) is 0.799. The van der Waals surface area contributed by atoms with Crippen LogP contribution in [0.3, 0.4) is 0 Å². The van der Waals surface area contributed by atoms with Gasteiger partial charge in [-0.3, -0.25) is 4.79 Å². The Hall–Kier alpha value is -1.81. The minimum Gasteiger partial charge on any atom is -0.360 e. The van der Waals surface area contributed by atoms with Gasteiger partial charge in [0.25, 0.3) is 5.91 Å². The molecule has 1 aromatic carbocycles. The normalized spacial score (nSPS) is 16.8. The van der Waals surface area contributed by atoms with Crippen LogP contribution in [0.15, 0.2) is 30.5 Å². The summed E-state index contributed by atoms with van der Waals surface area (Å²) in [7, 11) is 0. The first-order chi connectivity index (χ1) is 8.86. The molecule has 0 radical (unpaired) electrons. The molecule has 94 valence electrons. The van der Waals surface area contributed by atoms with E-state index in [1.807, 2.05) is 35.4 Å². The number of hydrogen-bond donors (Lipinski definition) is 2. The molecule has 4 nitrogen and oxygen atoms in total. The predicted octanol–water partition coefficient (Wildman–Crippen LogP) is 1.60. The molecule has 1 amide bonds. The molecule has 1 fully saturated rings. The summed E-state index contributed by atoms with van der Waals surface area (Å²) in [5.41, 5.74) is 1.81. The third-order valence-corrected chi connectivity index (χ3v) is 3.45. The lowest BCUT2D eigenvalue weighted by Gasteiger charge is -2.19. The summed E-state index contributed by atoms with van der Waals surface area (Å²) in [6.07, 6.45) is 2.85. The van der Waals surface area contributed by atoms with Gasteiger partial charge in [-0.25, -0.2) is 0 Å². The summed E-state index contributed by atoms with van der Waals surface area (Å²) in [5, 5.41) is 4.33. The van der Waals surface area contributed by atoms with Crippen LogP contribution in [0, 0.1) is 0 Å². The minimum absolute atomic E-state index is 0.135. The SMILES string of the molecule is O=C(c1c[nH]c2ccccc12)N1CCCNCC1. The minimum atomic E-state index is 0.135. The summed E-state index contributed by atoms with van der Waals surface area (Å²) >= 11 is 0. The highest BCUT2D eigenvalue weighted by Gasteiger charge is 2.19. The third kappa shape index (κ3) is 1.99. The highest BCUT2D eigenvalue weighted by atomic mass is 16.2. The van der Waals surface area contributed by atoms with Gasteiger partial charge in [0.15, 0.2) is 0 Å². The van der Waals surface area contributed by atoms with Crippen molar-refractivity contribution < 1.29 is 4.79 Å². The Morgan fingerprint density at radius 1 is 1.17 bits per heavy atom. The number of hydrogen-bond acceptors (Lipinski definition) is 2. The highest BCUT2D eigenvalue weighted by molar-refractivity contribution is 6.06. The molecule has 2 aromatic rings. The van der Waals surface area contributed by atoms with Crippen LogP contribution in [-0.4, -0.2) is 42.0 Å². The maximum atomic E-state index is 12.5. The Morgan fingerprint density at radius 3 is 3.00 bits per heavy atom. The van der Waals surface area contributed by atoms with Gasteiger partial charge in [-0.1, -0.05) is 18.2 Å². The van der Waals surface area contributed by atoms with Crippen LogP contribution in [0.5, 0.6) is 0 Å². The molecule has 0 unspecified atom stereocenters. The second kappa shape index (κ2) is 4.82. The van der Waals surface area contributed by atoms with Crippen molar-refractivity contribution in [3.8, 4) is 0 Å². The van der Waals surface area contributed by atoms with Gasteiger partial charge in [0, 0.05) is 36.7 Å². The van der Waals surface area contributed by atoms with Gasteiger partial charge >= 0.3 is 0 Å². The number of fused-ring (bicyclic) bond motifs is 1. The molecule has 18 heavy (non-hydrogen) atoms. The van der Waals surface area contributed by atoms with Crippen molar-refractivity contribution in [2.45, 2.75) is 6.42 Å². The Bertz CT molecular complexity index is 553. The zero-order valence-electron chi connectivity index (χ0n) is 10.3. The molecule has 0 spiro atoms. The van der Waals surface area contributed by atoms with E-state index in [-0.39, 0.29) is 5.91 Å². The summed E-state index contributed by atoms with van der Waals surface area (Å²) in [4.78, 5) is 17.6. The number of H-pyrrole nitrogens is 1. The molecule has 1 aliphatic heterocycles. The second-order valence-electron chi connectivity index (χ2n) is 4.64. The van der Waals surface area contributed by atoms with Crippen molar-refractivity contribution in [1.29, 1.82) is 0 Å². The van der Waals surface area contributed by atoms with Crippen LogP contribution in [0.1, 0.15) is 16.8 Å². The second-order valence-corrected chi connectivity index (χ2v) is 4.64. The zero-order chi connectivity index (χ0) is 12.4. The van der Waals surface area contributed by atoms with Crippen LogP contribution < -0.4 is 5.32 Å². The molecule has 4 heteroatoms. The first-order valence-corrected chi connectivity index (χ1v) is 6.42. The predicted molar refractivity (Wildman–Crippen MR) is 71.7 cm³/mol. The van der Waals surface area contributed by atoms with Crippen molar-refractivity contribution >= 4 is 16.8 Å². The number of carbonyl (C=O) groups is 1. The Balaban J connectivity index is 1.91. The molecule has 0 aliphatic carbocycles. The fraction of sp³-hybridized carbons (Fsp3) is 0.357. The lowest BCUT2D eigenvalue weighted by Crippen LogP contribution is -2.34. The molecule has 0 saturated carbocycles.